The number of ketones is 1. The highest BCUT2D eigenvalue weighted by atomic mass is 32.2. The van der Waals surface area contributed by atoms with Crippen LogP contribution in [0.5, 0.6) is 0 Å². The molecular formula is C22H23NO4S. The van der Waals surface area contributed by atoms with Gasteiger partial charge in [0, 0.05) is 16.7 Å². The number of amides is 1. The molecule has 146 valence electrons. The van der Waals surface area contributed by atoms with Gasteiger partial charge in [-0.15, -0.1) is 11.8 Å². The lowest BCUT2D eigenvalue weighted by Crippen LogP contribution is -2.30. The van der Waals surface area contributed by atoms with E-state index in [0.29, 0.717) is 30.0 Å². The molecule has 2 aromatic rings. The summed E-state index contributed by atoms with van der Waals surface area (Å²) in [6.07, 6.45) is 0.799. The maximum Gasteiger partial charge on any atom is 0.338 e. The molecule has 1 aliphatic rings. The molecule has 1 atom stereocenters. The van der Waals surface area contributed by atoms with E-state index in [1.807, 2.05) is 31.2 Å². The number of rotatable bonds is 7. The molecule has 0 bridgehead atoms. The second-order valence-corrected chi connectivity index (χ2v) is 7.98. The number of Topliss-reactive ketones (excluding diaryl/α,β-unsaturated/α-hetero) is 1. The molecule has 28 heavy (non-hydrogen) atoms. The first-order valence-electron chi connectivity index (χ1n) is 9.40. The fourth-order valence-electron chi connectivity index (χ4n) is 3.18. The molecular weight excluding hydrogens is 374 g/mol. The lowest BCUT2D eigenvalue weighted by molar-refractivity contribution is -0.114. The Bertz CT molecular complexity index is 907. The monoisotopic (exact) mass is 397 g/mol. The van der Waals surface area contributed by atoms with E-state index in [-0.39, 0.29) is 11.2 Å². The molecule has 0 fully saturated rings. The molecule has 2 aromatic carbocycles. The SMILES string of the molecule is CCCN1C(=O)C(=O)c2cc(SC(C)c3ccc(C(=O)OCC)cc3)ccc21. The minimum atomic E-state index is -0.443. The molecule has 1 unspecified atom stereocenters. The number of ether oxygens (including phenoxy) is 1. The molecule has 0 saturated heterocycles. The third kappa shape index (κ3) is 3.97. The van der Waals surface area contributed by atoms with Gasteiger partial charge < -0.3 is 9.64 Å². The van der Waals surface area contributed by atoms with Gasteiger partial charge >= 0.3 is 5.97 Å². The van der Waals surface area contributed by atoms with Crippen LogP contribution >= 0.6 is 11.8 Å². The lowest BCUT2D eigenvalue weighted by atomic mass is 10.1. The Morgan fingerprint density at radius 2 is 1.82 bits per heavy atom. The summed E-state index contributed by atoms with van der Waals surface area (Å²) in [6, 6.07) is 13.0. The number of thioether (sulfide) groups is 1. The Hall–Kier alpha value is -2.60. The summed E-state index contributed by atoms with van der Waals surface area (Å²) in [7, 11) is 0. The van der Waals surface area contributed by atoms with Crippen LogP contribution in [0, 0.1) is 0 Å². The van der Waals surface area contributed by atoms with Crippen molar-refractivity contribution < 1.29 is 19.1 Å². The highest BCUT2D eigenvalue weighted by Crippen LogP contribution is 2.38. The van der Waals surface area contributed by atoms with Crippen molar-refractivity contribution >= 4 is 35.1 Å². The zero-order valence-electron chi connectivity index (χ0n) is 16.2. The average molecular weight is 397 g/mol. The van der Waals surface area contributed by atoms with Gasteiger partial charge in [0.15, 0.2) is 0 Å². The van der Waals surface area contributed by atoms with Crippen LogP contribution < -0.4 is 4.90 Å². The summed E-state index contributed by atoms with van der Waals surface area (Å²) in [5.41, 5.74) is 2.77. The molecule has 5 nitrogen and oxygen atoms in total. The molecule has 0 radical (unpaired) electrons. The predicted molar refractivity (Wildman–Crippen MR) is 110 cm³/mol. The molecule has 0 N–H and O–H groups in total. The largest absolute Gasteiger partial charge is 0.462 e. The molecule has 1 amide bonds. The van der Waals surface area contributed by atoms with Gasteiger partial charge in [-0.25, -0.2) is 4.79 Å². The Kier molecular flexibility index (Phi) is 6.19. The van der Waals surface area contributed by atoms with Crippen LogP contribution in [0.3, 0.4) is 0 Å². The first-order valence-corrected chi connectivity index (χ1v) is 10.3. The maximum absolute atomic E-state index is 12.3. The fourth-order valence-corrected chi connectivity index (χ4v) is 4.21. The smallest absolute Gasteiger partial charge is 0.338 e. The number of carbonyl (C=O) groups excluding carboxylic acids is 3. The number of esters is 1. The van der Waals surface area contributed by atoms with E-state index in [0.717, 1.165) is 16.9 Å². The van der Waals surface area contributed by atoms with E-state index in [4.69, 9.17) is 4.74 Å². The minimum Gasteiger partial charge on any atom is -0.462 e. The fraction of sp³-hybridized carbons (Fsp3) is 0.318. The molecule has 0 spiro atoms. The van der Waals surface area contributed by atoms with Crippen LogP contribution in [-0.2, 0) is 9.53 Å². The summed E-state index contributed by atoms with van der Waals surface area (Å²) in [5, 5.41) is 0.119. The highest BCUT2D eigenvalue weighted by molar-refractivity contribution is 7.99. The zero-order valence-corrected chi connectivity index (χ0v) is 17.0. The van der Waals surface area contributed by atoms with Crippen LogP contribution in [0.2, 0.25) is 0 Å². The van der Waals surface area contributed by atoms with Crippen molar-refractivity contribution in [2.45, 2.75) is 37.3 Å². The van der Waals surface area contributed by atoms with Crippen molar-refractivity contribution in [3.63, 3.8) is 0 Å². The predicted octanol–water partition coefficient (Wildman–Crippen LogP) is 4.66. The summed E-state index contributed by atoms with van der Waals surface area (Å²) in [4.78, 5) is 38.7. The van der Waals surface area contributed by atoms with Gasteiger partial charge in [-0.2, -0.15) is 0 Å². The molecule has 0 aliphatic carbocycles. The molecule has 0 saturated carbocycles. The van der Waals surface area contributed by atoms with Crippen LogP contribution in [0.15, 0.2) is 47.4 Å². The topological polar surface area (TPSA) is 63.7 Å². The Balaban J connectivity index is 1.75. The van der Waals surface area contributed by atoms with Crippen LogP contribution in [-0.4, -0.2) is 30.8 Å². The molecule has 0 aromatic heterocycles. The number of fused-ring (bicyclic) bond motifs is 1. The summed E-state index contributed by atoms with van der Waals surface area (Å²) >= 11 is 1.61. The quantitative estimate of drug-likeness (QED) is 0.386. The van der Waals surface area contributed by atoms with Crippen molar-refractivity contribution in [2.75, 3.05) is 18.1 Å². The van der Waals surface area contributed by atoms with Gasteiger partial charge in [-0.1, -0.05) is 19.1 Å². The normalized spacial score (nSPS) is 14.2. The van der Waals surface area contributed by atoms with Crippen LogP contribution in [0.1, 0.15) is 58.7 Å². The molecule has 1 aliphatic heterocycles. The first-order chi connectivity index (χ1) is 13.5. The van der Waals surface area contributed by atoms with Gasteiger partial charge in [0.2, 0.25) is 0 Å². The van der Waals surface area contributed by atoms with E-state index in [9.17, 15) is 14.4 Å². The summed E-state index contributed by atoms with van der Waals surface area (Å²) in [5.74, 6) is -1.20. The van der Waals surface area contributed by atoms with E-state index in [1.165, 1.54) is 0 Å². The first kappa shape index (κ1) is 20.1. The van der Waals surface area contributed by atoms with Crippen molar-refractivity contribution in [1.29, 1.82) is 0 Å². The minimum absolute atomic E-state index is 0.119. The summed E-state index contributed by atoms with van der Waals surface area (Å²) in [6.45, 7) is 6.72. The van der Waals surface area contributed by atoms with Crippen molar-refractivity contribution in [3.8, 4) is 0 Å². The number of benzene rings is 2. The average Bonchev–Trinajstić information content (AvgIpc) is 2.93. The molecule has 6 heteroatoms. The van der Waals surface area contributed by atoms with Gasteiger partial charge in [-0.3, -0.25) is 9.59 Å². The number of anilines is 1. The number of hydrogen-bond acceptors (Lipinski definition) is 5. The van der Waals surface area contributed by atoms with Gasteiger partial charge in [0.25, 0.3) is 11.7 Å². The standard InChI is InChI=1S/C22H23NO4S/c1-4-12-23-19-11-10-17(13-18(19)20(24)21(23)25)28-14(3)15-6-8-16(9-7-15)22(26)27-5-2/h6-11,13-14H,4-5,12H2,1-3H3. The van der Waals surface area contributed by atoms with Gasteiger partial charge in [0.05, 0.1) is 23.4 Å². The van der Waals surface area contributed by atoms with E-state index in [2.05, 4.69) is 6.92 Å². The Labute approximate surface area is 169 Å². The lowest BCUT2D eigenvalue weighted by Gasteiger charge is -2.16. The second-order valence-electron chi connectivity index (χ2n) is 6.57. The molecule has 3 rings (SSSR count). The van der Waals surface area contributed by atoms with E-state index in [1.54, 1.807) is 41.8 Å². The van der Waals surface area contributed by atoms with Gasteiger partial charge in [0.1, 0.15) is 0 Å². The zero-order chi connectivity index (χ0) is 20.3. The number of hydrogen-bond donors (Lipinski definition) is 0. The summed E-state index contributed by atoms with van der Waals surface area (Å²) < 4.78 is 5.00. The maximum atomic E-state index is 12.3. The van der Waals surface area contributed by atoms with Gasteiger partial charge in [-0.05, 0) is 56.2 Å². The number of nitrogens with zero attached hydrogens (tertiary/aromatic N) is 1. The third-order valence-corrected chi connectivity index (χ3v) is 5.75. The van der Waals surface area contributed by atoms with Crippen LogP contribution in [0.4, 0.5) is 5.69 Å². The Morgan fingerprint density at radius 1 is 1.11 bits per heavy atom. The number of carbonyl (C=O) groups is 3. The van der Waals surface area contributed by atoms with Crippen molar-refractivity contribution in [2.24, 2.45) is 0 Å². The van der Waals surface area contributed by atoms with E-state index < -0.39 is 11.7 Å². The second kappa shape index (κ2) is 8.61. The van der Waals surface area contributed by atoms with Crippen molar-refractivity contribution in [3.05, 3.63) is 59.2 Å². The van der Waals surface area contributed by atoms with E-state index >= 15 is 0 Å². The van der Waals surface area contributed by atoms with Crippen LogP contribution in [0.25, 0.3) is 0 Å². The third-order valence-electron chi connectivity index (χ3n) is 4.59. The van der Waals surface area contributed by atoms with Crippen molar-refractivity contribution in [1.82, 2.24) is 0 Å². The molecule has 1 heterocycles. The Morgan fingerprint density at radius 3 is 2.46 bits per heavy atom. The highest BCUT2D eigenvalue weighted by Gasteiger charge is 2.35.